The van der Waals surface area contributed by atoms with Gasteiger partial charge in [0, 0.05) is 12.5 Å². The van der Waals surface area contributed by atoms with E-state index < -0.39 is 0 Å². The number of ether oxygens (including phenoxy) is 1. The average Bonchev–Trinajstić information content (AvgIpc) is 2.78. The van der Waals surface area contributed by atoms with Gasteiger partial charge in [0.25, 0.3) is 5.95 Å². The molecule has 0 aliphatic carbocycles. The van der Waals surface area contributed by atoms with Crippen molar-refractivity contribution in [3.8, 4) is 5.95 Å². The largest absolute Gasteiger partial charge is 0.465 e. The number of aldehydes is 1. The van der Waals surface area contributed by atoms with Crippen molar-refractivity contribution in [2.75, 3.05) is 6.61 Å². The summed E-state index contributed by atoms with van der Waals surface area (Å²) in [5.41, 5.74) is 1.21. The van der Waals surface area contributed by atoms with Crippen molar-refractivity contribution in [3.05, 3.63) is 53.8 Å². The molecule has 0 aliphatic heterocycles. The Balaban J connectivity index is 1.82. The first-order chi connectivity index (χ1) is 7.88. The maximum atomic E-state index is 10.4. The van der Waals surface area contributed by atoms with Crippen LogP contribution in [0.25, 0.3) is 0 Å². The fourth-order valence-corrected chi connectivity index (χ4v) is 1.39. The summed E-state index contributed by atoms with van der Waals surface area (Å²) in [5, 5.41) is 0. The molecular formula is C13H12O3. The van der Waals surface area contributed by atoms with Crippen LogP contribution in [0.1, 0.15) is 16.1 Å². The maximum Gasteiger partial charge on any atom is 0.284 e. The fourth-order valence-electron chi connectivity index (χ4n) is 1.39. The lowest BCUT2D eigenvalue weighted by Gasteiger charge is -2.02. The van der Waals surface area contributed by atoms with E-state index in [1.165, 1.54) is 5.56 Å². The third-order valence-corrected chi connectivity index (χ3v) is 2.20. The molecule has 1 heterocycles. The summed E-state index contributed by atoms with van der Waals surface area (Å²) in [7, 11) is 0. The number of hydrogen-bond donors (Lipinski definition) is 0. The second-order valence-corrected chi connectivity index (χ2v) is 3.36. The molecule has 2 rings (SSSR count). The lowest BCUT2D eigenvalue weighted by atomic mass is 10.2. The highest BCUT2D eigenvalue weighted by atomic mass is 16.6. The Hall–Kier alpha value is -2.03. The van der Waals surface area contributed by atoms with Crippen LogP contribution in [-0.4, -0.2) is 12.9 Å². The van der Waals surface area contributed by atoms with E-state index in [1.54, 1.807) is 12.1 Å². The van der Waals surface area contributed by atoms with Crippen LogP contribution in [0.3, 0.4) is 0 Å². The number of hydrogen-bond acceptors (Lipinski definition) is 3. The van der Waals surface area contributed by atoms with E-state index in [0.29, 0.717) is 18.8 Å². The van der Waals surface area contributed by atoms with Gasteiger partial charge in [0.05, 0.1) is 6.61 Å². The second kappa shape index (κ2) is 5.16. The Labute approximate surface area is 93.7 Å². The van der Waals surface area contributed by atoms with E-state index in [9.17, 15) is 4.79 Å². The molecule has 2 aromatic rings. The van der Waals surface area contributed by atoms with Gasteiger partial charge in [0.1, 0.15) is 0 Å². The Kier molecular flexibility index (Phi) is 3.38. The molecule has 0 radical (unpaired) electrons. The first-order valence-electron chi connectivity index (χ1n) is 5.10. The van der Waals surface area contributed by atoms with E-state index in [2.05, 4.69) is 0 Å². The van der Waals surface area contributed by atoms with Crippen molar-refractivity contribution >= 4 is 6.29 Å². The Morgan fingerprint density at radius 3 is 2.62 bits per heavy atom. The van der Waals surface area contributed by atoms with Gasteiger partial charge in [-0.1, -0.05) is 30.3 Å². The van der Waals surface area contributed by atoms with Crippen molar-refractivity contribution in [3.63, 3.8) is 0 Å². The summed E-state index contributed by atoms with van der Waals surface area (Å²) >= 11 is 0. The van der Waals surface area contributed by atoms with Crippen LogP contribution in [0.2, 0.25) is 0 Å². The molecule has 1 aromatic carbocycles. The molecule has 82 valence electrons. The van der Waals surface area contributed by atoms with Crippen LogP contribution in [0, 0.1) is 0 Å². The molecule has 1 aromatic heterocycles. The van der Waals surface area contributed by atoms with Gasteiger partial charge in [-0.05, 0) is 11.6 Å². The molecule has 0 unspecified atom stereocenters. The van der Waals surface area contributed by atoms with Gasteiger partial charge in [-0.15, -0.1) is 0 Å². The van der Waals surface area contributed by atoms with Crippen molar-refractivity contribution in [1.82, 2.24) is 0 Å². The first kappa shape index (κ1) is 10.5. The zero-order valence-corrected chi connectivity index (χ0v) is 8.76. The maximum absolute atomic E-state index is 10.4. The summed E-state index contributed by atoms with van der Waals surface area (Å²) in [6.45, 7) is 0.538. The van der Waals surface area contributed by atoms with Crippen molar-refractivity contribution in [2.24, 2.45) is 0 Å². The molecule has 0 fully saturated rings. The molecule has 0 aliphatic rings. The van der Waals surface area contributed by atoms with Crippen LogP contribution in [0.5, 0.6) is 5.95 Å². The van der Waals surface area contributed by atoms with Gasteiger partial charge < -0.3 is 9.15 Å². The zero-order valence-electron chi connectivity index (χ0n) is 8.76. The fraction of sp³-hybridized carbons (Fsp3) is 0.154. The molecule has 0 spiro atoms. The van der Waals surface area contributed by atoms with E-state index in [0.717, 1.165) is 6.42 Å². The molecule has 0 N–H and O–H groups in total. The normalized spacial score (nSPS) is 10.0. The minimum absolute atomic E-state index is 0.287. The predicted molar refractivity (Wildman–Crippen MR) is 59.7 cm³/mol. The zero-order chi connectivity index (χ0) is 11.2. The van der Waals surface area contributed by atoms with Crippen LogP contribution >= 0.6 is 0 Å². The highest BCUT2D eigenvalue weighted by Crippen LogP contribution is 2.14. The van der Waals surface area contributed by atoms with E-state index in [1.807, 2.05) is 30.3 Å². The molecule has 0 amide bonds. The van der Waals surface area contributed by atoms with Crippen LogP contribution in [-0.2, 0) is 6.42 Å². The number of carbonyl (C=O) groups is 1. The van der Waals surface area contributed by atoms with Gasteiger partial charge >= 0.3 is 0 Å². The summed E-state index contributed by atoms with van der Waals surface area (Å²) in [6, 6.07) is 13.3. The van der Waals surface area contributed by atoms with E-state index in [-0.39, 0.29) is 5.76 Å². The highest BCUT2D eigenvalue weighted by Gasteiger charge is 2.01. The monoisotopic (exact) mass is 216 g/mol. The van der Waals surface area contributed by atoms with Gasteiger partial charge in [-0.25, -0.2) is 0 Å². The number of benzene rings is 1. The van der Waals surface area contributed by atoms with Gasteiger partial charge in [-0.2, -0.15) is 0 Å². The Morgan fingerprint density at radius 1 is 1.12 bits per heavy atom. The van der Waals surface area contributed by atoms with Gasteiger partial charge in [-0.3, -0.25) is 4.79 Å². The number of furan rings is 1. The van der Waals surface area contributed by atoms with Crippen LogP contribution in [0.4, 0.5) is 0 Å². The topological polar surface area (TPSA) is 39.4 Å². The lowest BCUT2D eigenvalue weighted by molar-refractivity contribution is 0.109. The highest BCUT2D eigenvalue weighted by molar-refractivity contribution is 5.70. The summed E-state index contributed by atoms with van der Waals surface area (Å²) in [4.78, 5) is 10.4. The van der Waals surface area contributed by atoms with Crippen LogP contribution in [0.15, 0.2) is 46.9 Å². The molecule has 3 heteroatoms. The van der Waals surface area contributed by atoms with E-state index >= 15 is 0 Å². The molecule has 16 heavy (non-hydrogen) atoms. The molecule has 3 nitrogen and oxygen atoms in total. The Bertz CT molecular complexity index is 445. The van der Waals surface area contributed by atoms with Crippen molar-refractivity contribution in [2.45, 2.75) is 6.42 Å². The number of rotatable bonds is 5. The van der Waals surface area contributed by atoms with Gasteiger partial charge in [0.15, 0.2) is 12.0 Å². The predicted octanol–water partition coefficient (Wildman–Crippen LogP) is 2.71. The van der Waals surface area contributed by atoms with Crippen molar-refractivity contribution in [1.29, 1.82) is 0 Å². The third-order valence-electron chi connectivity index (χ3n) is 2.20. The van der Waals surface area contributed by atoms with Crippen LogP contribution < -0.4 is 4.74 Å². The quantitative estimate of drug-likeness (QED) is 0.721. The smallest absolute Gasteiger partial charge is 0.284 e. The third kappa shape index (κ3) is 2.73. The van der Waals surface area contributed by atoms with E-state index in [4.69, 9.17) is 9.15 Å². The molecular weight excluding hydrogens is 204 g/mol. The van der Waals surface area contributed by atoms with Crippen molar-refractivity contribution < 1.29 is 13.9 Å². The summed E-state index contributed by atoms with van der Waals surface area (Å²) in [5.74, 6) is 0.674. The minimum Gasteiger partial charge on any atom is -0.465 e. The standard InChI is InChI=1S/C13H12O3/c14-10-12-6-7-13(16-12)15-9-8-11-4-2-1-3-5-11/h1-7,10H,8-9H2. The lowest BCUT2D eigenvalue weighted by Crippen LogP contribution is -2.00. The number of carbonyl (C=O) groups excluding carboxylic acids is 1. The average molecular weight is 216 g/mol. The second-order valence-electron chi connectivity index (χ2n) is 3.36. The molecule has 0 saturated heterocycles. The SMILES string of the molecule is O=Cc1ccc(OCCc2ccccc2)o1. The molecule has 0 atom stereocenters. The Morgan fingerprint density at radius 2 is 1.94 bits per heavy atom. The van der Waals surface area contributed by atoms with Gasteiger partial charge in [0.2, 0.25) is 0 Å². The first-order valence-corrected chi connectivity index (χ1v) is 5.10. The summed E-state index contributed by atoms with van der Waals surface area (Å²) in [6.07, 6.45) is 1.47. The minimum atomic E-state index is 0.287. The molecule has 0 bridgehead atoms. The molecule has 0 saturated carbocycles. The summed E-state index contributed by atoms with van der Waals surface area (Å²) < 4.78 is 10.4.